The van der Waals surface area contributed by atoms with E-state index < -0.39 is 9.84 Å². The van der Waals surface area contributed by atoms with E-state index in [1.54, 1.807) is 18.2 Å². The van der Waals surface area contributed by atoms with Gasteiger partial charge in [0.25, 0.3) is 0 Å². The lowest BCUT2D eigenvalue weighted by molar-refractivity contribution is 0.171. The fraction of sp³-hybridized carbons (Fsp3) is 0.400. The van der Waals surface area contributed by atoms with Crippen LogP contribution in [0, 0.1) is 0 Å². The number of hydrogen-bond acceptors (Lipinski definition) is 5. The van der Waals surface area contributed by atoms with Crippen LogP contribution in [0.1, 0.15) is 18.9 Å². The molecule has 0 amide bonds. The zero-order valence-electron chi connectivity index (χ0n) is 14.8. The Balaban J connectivity index is 1.45. The van der Waals surface area contributed by atoms with Gasteiger partial charge in [-0.05, 0) is 43.5 Å². The summed E-state index contributed by atoms with van der Waals surface area (Å²) in [7, 11) is -3.36. The van der Waals surface area contributed by atoms with Crippen molar-refractivity contribution in [1.82, 2.24) is 0 Å². The second-order valence-corrected chi connectivity index (χ2v) is 8.94. The molecule has 0 saturated heterocycles. The van der Waals surface area contributed by atoms with E-state index in [0.29, 0.717) is 36.0 Å². The molecule has 0 saturated carbocycles. The van der Waals surface area contributed by atoms with Crippen LogP contribution >= 0.6 is 0 Å². The van der Waals surface area contributed by atoms with Gasteiger partial charge >= 0.3 is 0 Å². The van der Waals surface area contributed by atoms with Crippen molar-refractivity contribution in [3.8, 4) is 11.5 Å². The molecule has 0 bridgehead atoms. The highest BCUT2D eigenvalue weighted by Crippen LogP contribution is 2.33. The molecule has 26 heavy (non-hydrogen) atoms. The van der Waals surface area contributed by atoms with E-state index in [4.69, 9.17) is 9.47 Å². The van der Waals surface area contributed by atoms with Crippen molar-refractivity contribution >= 4 is 15.5 Å². The monoisotopic (exact) mass is 373 g/mol. The van der Waals surface area contributed by atoms with Gasteiger partial charge in [-0.3, -0.25) is 0 Å². The van der Waals surface area contributed by atoms with E-state index in [2.05, 4.69) is 30.0 Å². The van der Waals surface area contributed by atoms with Gasteiger partial charge in [-0.2, -0.15) is 0 Å². The molecule has 5 nitrogen and oxygen atoms in total. The van der Waals surface area contributed by atoms with Gasteiger partial charge < -0.3 is 14.4 Å². The first-order chi connectivity index (χ1) is 12.5. The molecule has 1 unspecified atom stereocenters. The predicted molar refractivity (Wildman–Crippen MR) is 101 cm³/mol. The summed E-state index contributed by atoms with van der Waals surface area (Å²) in [6.45, 7) is 3.99. The summed E-state index contributed by atoms with van der Waals surface area (Å²) in [6, 6.07) is 13.4. The van der Waals surface area contributed by atoms with Crippen LogP contribution in [-0.2, 0) is 16.3 Å². The highest BCUT2D eigenvalue weighted by Gasteiger charge is 2.25. The second kappa shape index (κ2) is 6.83. The molecule has 2 aliphatic rings. The Labute approximate surface area is 154 Å². The van der Waals surface area contributed by atoms with Crippen LogP contribution in [0.5, 0.6) is 11.5 Å². The first-order valence-corrected chi connectivity index (χ1v) is 10.7. The number of para-hydroxylation sites is 1. The summed E-state index contributed by atoms with van der Waals surface area (Å²) in [5.41, 5.74) is 2.57. The molecule has 0 spiro atoms. The van der Waals surface area contributed by atoms with Gasteiger partial charge in [0.2, 0.25) is 0 Å². The molecule has 0 aliphatic carbocycles. The number of nitrogens with zero attached hydrogens (tertiary/aromatic N) is 1. The van der Waals surface area contributed by atoms with Gasteiger partial charge in [-0.25, -0.2) is 8.42 Å². The second-order valence-electron chi connectivity index (χ2n) is 6.83. The molecular formula is C20H23NO4S. The van der Waals surface area contributed by atoms with Crippen LogP contribution in [-0.4, -0.2) is 40.0 Å². The molecule has 6 heteroatoms. The predicted octanol–water partition coefficient (Wildman–Crippen LogP) is 3.07. The van der Waals surface area contributed by atoms with E-state index in [-0.39, 0.29) is 11.8 Å². The molecule has 1 atom stereocenters. The minimum Gasteiger partial charge on any atom is -0.486 e. The summed E-state index contributed by atoms with van der Waals surface area (Å²) < 4.78 is 36.5. The van der Waals surface area contributed by atoms with Crippen LogP contribution in [0.15, 0.2) is 47.4 Å². The standard InChI is InChI=1S/C20H23NO4S/c1-15(21-10-8-16-4-2-3-5-18(16)21)9-13-26(22,23)17-6-7-19-20(14-17)25-12-11-24-19/h2-7,14-15H,8-13H2,1H3. The van der Waals surface area contributed by atoms with Gasteiger partial charge in [0.1, 0.15) is 13.2 Å². The zero-order chi connectivity index (χ0) is 18.1. The van der Waals surface area contributed by atoms with Gasteiger partial charge in [-0.1, -0.05) is 18.2 Å². The molecule has 0 fully saturated rings. The third-order valence-electron chi connectivity index (χ3n) is 5.13. The van der Waals surface area contributed by atoms with Crippen molar-refractivity contribution in [2.75, 3.05) is 30.4 Å². The van der Waals surface area contributed by atoms with Crippen LogP contribution in [0.4, 0.5) is 5.69 Å². The Morgan fingerprint density at radius 2 is 1.85 bits per heavy atom. The van der Waals surface area contributed by atoms with Crippen molar-refractivity contribution in [3.05, 3.63) is 48.0 Å². The summed E-state index contributed by atoms with van der Waals surface area (Å²) >= 11 is 0. The van der Waals surface area contributed by atoms with Gasteiger partial charge in [0.15, 0.2) is 21.3 Å². The fourth-order valence-corrected chi connectivity index (χ4v) is 5.09. The summed E-state index contributed by atoms with van der Waals surface area (Å²) in [5.74, 6) is 1.24. The smallest absolute Gasteiger partial charge is 0.178 e. The number of anilines is 1. The molecular weight excluding hydrogens is 350 g/mol. The van der Waals surface area contributed by atoms with Crippen LogP contribution in [0.3, 0.4) is 0 Å². The first-order valence-electron chi connectivity index (χ1n) is 9.01. The van der Waals surface area contributed by atoms with Crippen LogP contribution < -0.4 is 14.4 Å². The lowest BCUT2D eigenvalue weighted by Crippen LogP contribution is -2.33. The summed E-state index contributed by atoms with van der Waals surface area (Å²) in [6.07, 6.45) is 1.61. The van der Waals surface area contributed by atoms with E-state index in [1.807, 2.05) is 6.07 Å². The van der Waals surface area contributed by atoms with Crippen LogP contribution in [0.25, 0.3) is 0 Å². The molecule has 0 radical (unpaired) electrons. The highest BCUT2D eigenvalue weighted by molar-refractivity contribution is 7.91. The first kappa shape index (κ1) is 17.2. The Bertz CT molecular complexity index is 910. The van der Waals surface area contributed by atoms with Crippen molar-refractivity contribution in [3.63, 3.8) is 0 Å². The Morgan fingerprint density at radius 3 is 2.69 bits per heavy atom. The number of hydrogen-bond donors (Lipinski definition) is 0. The van der Waals surface area contributed by atoms with E-state index >= 15 is 0 Å². The maximum atomic E-state index is 12.8. The zero-order valence-corrected chi connectivity index (χ0v) is 15.7. The number of sulfone groups is 1. The molecule has 138 valence electrons. The molecule has 0 aromatic heterocycles. The quantitative estimate of drug-likeness (QED) is 0.806. The minimum absolute atomic E-state index is 0.118. The molecule has 2 aromatic carbocycles. The number of rotatable bonds is 5. The van der Waals surface area contributed by atoms with Gasteiger partial charge in [-0.15, -0.1) is 0 Å². The van der Waals surface area contributed by atoms with Gasteiger partial charge in [0, 0.05) is 24.3 Å². The normalized spacial score (nSPS) is 17.0. The third kappa shape index (κ3) is 3.26. The van der Waals surface area contributed by atoms with Crippen LogP contribution in [0.2, 0.25) is 0 Å². The Kier molecular flexibility index (Phi) is 4.53. The maximum absolute atomic E-state index is 12.8. The van der Waals surface area contributed by atoms with Crippen molar-refractivity contribution in [1.29, 1.82) is 0 Å². The average Bonchev–Trinajstić information content (AvgIpc) is 3.10. The lowest BCUT2D eigenvalue weighted by atomic mass is 10.1. The topological polar surface area (TPSA) is 55.8 Å². The van der Waals surface area contributed by atoms with E-state index in [9.17, 15) is 8.42 Å². The highest BCUT2D eigenvalue weighted by atomic mass is 32.2. The average molecular weight is 373 g/mol. The summed E-state index contributed by atoms with van der Waals surface area (Å²) in [5, 5.41) is 0. The van der Waals surface area contributed by atoms with E-state index in [0.717, 1.165) is 13.0 Å². The minimum atomic E-state index is -3.36. The van der Waals surface area contributed by atoms with Gasteiger partial charge in [0.05, 0.1) is 10.6 Å². The van der Waals surface area contributed by atoms with E-state index in [1.165, 1.54) is 11.3 Å². The number of benzene rings is 2. The van der Waals surface area contributed by atoms with Crippen molar-refractivity contribution in [2.24, 2.45) is 0 Å². The lowest BCUT2D eigenvalue weighted by Gasteiger charge is -2.27. The Morgan fingerprint density at radius 1 is 1.08 bits per heavy atom. The molecule has 4 rings (SSSR count). The third-order valence-corrected chi connectivity index (χ3v) is 6.88. The molecule has 2 aliphatic heterocycles. The maximum Gasteiger partial charge on any atom is 0.178 e. The molecule has 2 heterocycles. The van der Waals surface area contributed by atoms with Crippen molar-refractivity contribution in [2.45, 2.75) is 30.7 Å². The summed E-state index contributed by atoms with van der Waals surface area (Å²) in [4.78, 5) is 2.62. The molecule has 0 N–H and O–H groups in total. The van der Waals surface area contributed by atoms with Crippen molar-refractivity contribution < 1.29 is 17.9 Å². The fourth-order valence-electron chi connectivity index (χ4n) is 3.64. The number of ether oxygens (including phenoxy) is 2. The molecule has 2 aromatic rings. The number of fused-ring (bicyclic) bond motifs is 2. The largest absolute Gasteiger partial charge is 0.486 e. The Hall–Kier alpha value is -2.21. The SMILES string of the molecule is CC(CCS(=O)(=O)c1ccc2c(c1)OCCO2)N1CCc2ccccc21.